The maximum atomic E-state index is 6.00. The molecule has 72 valence electrons. The summed E-state index contributed by atoms with van der Waals surface area (Å²) >= 11 is 7.65. The van der Waals surface area contributed by atoms with Crippen LogP contribution in [0.25, 0.3) is 11.3 Å². The highest BCUT2D eigenvalue weighted by Gasteiger charge is 2.09. The van der Waals surface area contributed by atoms with Crippen LogP contribution in [-0.4, -0.2) is 9.97 Å². The van der Waals surface area contributed by atoms with E-state index in [1.165, 1.54) is 6.33 Å². The van der Waals surface area contributed by atoms with Crippen molar-refractivity contribution >= 4 is 22.9 Å². The quantitative estimate of drug-likeness (QED) is 0.731. The van der Waals surface area contributed by atoms with Gasteiger partial charge < -0.3 is 0 Å². The predicted molar refractivity (Wildman–Crippen MR) is 59.7 cm³/mol. The zero-order chi connectivity index (χ0) is 9.97. The minimum Gasteiger partial charge on any atom is -0.236 e. The first-order valence-corrected chi connectivity index (χ1v) is 5.67. The molecule has 2 rings (SSSR count). The smallest absolute Gasteiger partial charge is 0.136 e. The third-order valence-electron chi connectivity index (χ3n) is 2.04. The van der Waals surface area contributed by atoms with E-state index in [1.807, 2.05) is 11.4 Å². The maximum Gasteiger partial charge on any atom is 0.136 e. The zero-order valence-electron chi connectivity index (χ0n) is 7.70. The molecule has 0 atom stereocenters. The van der Waals surface area contributed by atoms with Crippen LogP contribution >= 0.6 is 22.9 Å². The molecule has 0 aromatic carbocycles. The van der Waals surface area contributed by atoms with Gasteiger partial charge in [0, 0.05) is 16.5 Å². The first-order valence-electron chi connectivity index (χ1n) is 4.35. The van der Waals surface area contributed by atoms with Crippen molar-refractivity contribution in [3.05, 3.63) is 33.9 Å². The van der Waals surface area contributed by atoms with Crippen molar-refractivity contribution in [3.8, 4) is 11.3 Å². The molecule has 2 aromatic rings. The van der Waals surface area contributed by atoms with Gasteiger partial charge in [0.15, 0.2) is 0 Å². The predicted octanol–water partition coefficient (Wildman–Crippen LogP) is 3.42. The molecule has 0 saturated heterocycles. The van der Waals surface area contributed by atoms with Crippen LogP contribution in [0.1, 0.15) is 12.5 Å². The monoisotopic (exact) mass is 224 g/mol. The second kappa shape index (κ2) is 4.07. The Kier molecular flexibility index (Phi) is 2.79. The number of halogens is 1. The van der Waals surface area contributed by atoms with E-state index in [0.29, 0.717) is 5.15 Å². The van der Waals surface area contributed by atoms with E-state index >= 15 is 0 Å². The number of hydrogen-bond acceptors (Lipinski definition) is 3. The van der Waals surface area contributed by atoms with Crippen molar-refractivity contribution in [2.75, 3.05) is 0 Å². The van der Waals surface area contributed by atoms with Crippen LogP contribution in [0.4, 0.5) is 0 Å². The molecular formula is C10H9ClN2S. The molecule has 0 bridgehead atoms. The first kappa shape index (κ1) is 9.62. The second-order valence-corrected chi connectivity index (χ2v) is 4.00. The molecule has 0 aliphatic heterocycles. The van der Waals surface area contributed by atoms with Crippen molar-refractivity contribution in [1.82, 2.24) is 9.97 Å². The van der Waals surface area contributed by atoms with Gasteiger partial charge >= 0.3 is 0 Å². The molecular weight excluding hydrogens is 216 g/mol. The largest absolute Gasteiger partial charge is 0.236 e. The Balaban J connectivity index is 2.58. The highest BCUT2D eigenvalue weighted by atomic mass is 35.5. The number of hydrogen-bond donors (Lipinski definition) is 0. The molecule has 2 nitrogen and oxygen atoms in total. The average Bonchev–Trinajstić information content (AvgIpc) is 2.70. The van der Waals surface area contributed by atoms with E-state index < -0.39 is 0 Å². The van der Waals surface area contributed by atoms with Gasteiger partial charge in [-0.15, -0.1) is 0 Å². The fourth-order valence-electron chi connectivity index (χ4n) is 1.35. The van der Waals surface area contributed by atoms with Crippen LogP contribution in [0, 0.1) is 0 Å². The Bertz CT molecular complexity index is 426. The summed E-state index contributed by atoms with van der Waals surface area (Å²) in [4.78, 5) is 8.24. The fraction of sp³-hybridized carbons (Fsp3) is 0.200. The lowest BCUT2D eigenvalue weighted by Crippen LogP contribution is -1.94. The summed E-state index contributed by atoms with van der Waals surface area (Å²) in [5.41, 5.74) is 3.09. The Morgan fingerprint density at radius 2 is 2.29 bits per heavy atom. The molecule has 0 amide bonds. The van der Waals surface area contributed by atoms with Crippen LogP contribution in [0.3, 0.4) is 0 Å². The van der Waals surface area contributed by atoms with Gasteiger partial charge in [-0.1, -0.05) is 18.5 Å². The normalized spacial score (nSPS) is 10.4. The van der Waals surface area contributed by atoms with Crippen molar-refractivity contribution in [2.45, 2.75) is 13.3 Å². The molecule has 2 heterocycles. The molecule has 0 spiro atoms. The molecule has 0 aliphatic rings. The van der Waals surface area contributed by atoms with Gasteiger partial charge in [0.05, 0.1) is 5.69 Å². The molecule has 0 radical (unpaired) electrons. The standard InChI is InChI=1S/C10H9ClN2S/c1-2-8-9(7-3-4-14-5-7)12-6-13-10(8)11/h3-6H,2H2,1H3. The van der Waals surface area contributed by atoms with Gasteiger partial charge in [0.25, 0.3) is 0 Å². The molecule has 0 N–H and O–H groups in total. The van der Waals surface area contributed by atoms with E-state index in [4.69, 9.17) is 11.6 Å². The fourth-order valence-corrected chi connectivity index (χ4v) is 2.26. The molecule has 14 heavy (non-hydrogen) atoms. The van der Waals surface area contributed by atoms with Gasteiger partial charge in [-0.05, 0) is 17.9 Å². The summed E-state index contributed by atoms with van der Waals surface area (Å²) in [6.07, 6.45) is 2.36. The lowest BCUT2D eigenvalue weighted by Gasteiger charge is -2.05. The summed E-state index contributed by atoms with van der Waals surface area (Å²) in [6.45, 7) is 2.06. The summed E-state index contributed by atoms with van der Waals surface area (Å²) in [5, 5.41) is 4.66. The molecule has 4 heteroatoms. The third-order valence-corrected chi connectivity index (χ3v) is 3.05. The van der Waals surface area contributed by atoms with Crippen molar-refractivity contribution in [2.24, 2.45) is 0 Å². The number of thiophene rings is 1. The Morgan fingerprint density at radius 1 is 1.43 bits per heavy atom. The lowest BCUT2D eigenvalue weighted by atomic mass is 10.1. The molecule has 2 aromatic heterocycles. The lowest BCUT2D eigenvalue weighted by molar-refractivity contribution is 1.05. The maximum absolute atomic E-state index is 6.00. The SMILES string of the molecule is CCc1c(Cl)ncnc1-c1ccsc1. The van der Waals surface area contributed by atoms with Gasteiger partial charge in [-0.2, -0.15) is 11.3 Å². The Morgan fingerprint density at radius 3 is 2.93 bits per heavy atom. The Hall–Kier alpha value is -0.930. The average molecular weight is 225 g/mol. The van der Waals surface area contributed by atoms with E-state index in [-0.39, 0.29) is 0 Å². The van der Waals surface area contributed by atoms with Gasteiger partial charge in [-0.3, -0.25) is 0 Å². The minimum atomic E-state index is 0.559. The first-order chi connectivity index (χ1) is 6.83. The second-order valence-electron chi connectivity index (χ2n) is 2.86. The summed E-state index contributed by atoms with van der Waals surface area (Å²) in [7, 11) is 0. The van der Waals surface area contributed by atoms with Crippen LogP contribution in [0.5, 0.6) is 0 Å². The summed E-state index contributed by atoms with van der Waals surface area (Å²) in [5.74, 6) is 0. The van der Waals surface area contributed by atoms with E-state index in [9.17, 15) is 0 Å². The minimum absolute atomic E-state index is 0.559. The summed E-state index contributed by atoms with van der Waals surface area (Å²) < 4.78 is 0. The molecule has 0 fully saturated rings. The summed E-state index contributed by atoms with van der Waals surface area (Å²) in [6, 6.07) is 2.04. The van der Waals surface area contributed by atoms with Crippen molar-refractivity contribution < 1.29 is 0 Å². The Labute approximate surface area is 91.6 Å². The molecule has 0 aliphatic carbocycles. The van der Waals surface area contributed by atoms with Gasteiger partial charge in [-0.25, -0.2) is 9.97 Å². The molecule has 0 unspecified atom stereocenters. The topological polar surface area (TPSA) is 25.8 Å². The van der Waals surface area contributed by atoms with Crippen LogP contribution < -0.4 is 0 Å². The van der Waals surface area contributed by atoms with E-state index in [2.05, 4.69) is 22.3 Å². The highest BCUT2D eigenvalue weighted by molar-refractivity contribution is 7.08. The highest BCUT2D eigenvalue weighted by Crippen LogP contribution is 2.27. The zero-order valence-corrected chi connectivity index (χ0v) is 9.27. The van der Waals surface area contributed by atoms with E-state index in [0.717, 1.165) is 23.2 Å². The van der Waals surface area contributed by atoms with Crippen LogP contribution in [-0.2, 0) is 6.42 Å². The van der Waals surface area contributed by atoms with E-state index in [1.54, 1.807) is 11.3 Å². The van der Waals surface area contributed by atoms with Crippen molar-refractivity contribution in [3.63, 3.8) is 0 Å². The van der Waals surface area contributed by atoms with Crippen LogP contribution in [0.15, 0.2) is 23.2 Å². The molecule has 0 saturated carbocycles. The van der Waals surface area contributed by atoms with Crippen molar-refractivity contribution in [1.29, 1.82) is 0 Å². The third kappa shape index (κ3) is 1.65. The van der Waals surface area contributed by atoms with Gasteiger partial charge in [0.2, 0.25) is 0 Å². The van der Waals surface area contributed by atoms with Crippen LogP contribution in [0.2, 0.25) is 5.15 Å². The number of rotatable bonds is 2. The van der Waals surface area contributed by atoms with Gasteiger partial charge in [0.1, 0.15) is 11.5 Å². The number of aromatic nitrogens is 2. The number of nitrogens with zero attached hydrogens (tertiary/aromatic N) is 2.